The summed E-state index contributed by atoms with van der Waals surface area (Å²) in [5.74, 6) is -0.529. The zero-order valence-electron chi connectivity index (χ0n) is 10.7. The van der Waals surface area contributed by atoms with Crippen LogP contribution in [0.5, 0.6) is 0 Å². The van der Waals surface area contributed by atoms with Gasteiger partial charge in [-0.3, -0.25) is 9.69 Å². The largest absolute Gasteiger partial charge is 0.322 e. The maximum Gasteiger partial charge on any atom is 0.241 e. The second-order valence-electron chi connectivity index (χ2n) is 4.74. The van der Waals surface area contributed by atoms with Gasteiger partial charge in [0.2, 0.25) is 5.91 Å². The van der Waals surface area contributed by atoms with Crippen molar-refractivity contribution in [3.63, 3.8) is 0 Å². The molecule has 1 aromatic carbocycles. The van der Waals surface area contributed by atoms with Gasteiger partial charge < -0.3 is 5.32 Å². The predicted octanol–water partition coefficient (Wildman–Crippen LogP) is 2.64. The third-order valence-electron chi connectivity index (χ3n) is 3.45. The van der Waals surface area contributed by atoms with Crippen molar-refractivity contribution in [3.05, 3.63) is 30.1 Å². The molecule has 98 valence electrons. The lowest BCUT2D eigenvalue weighted by Crippen LogP contribution is -2.44. The Bertz CT molecular complexity index is 416. The van der Waals surface area contributed by atoms with Gasteiger partial charge >= 0.3 is 0 Å². The van der Waals surface area contributed by atoms with Crippen LogP contribution in [0.4, 0.5) is 10.1 Å². The molecular formula is C14H19FN2O. The van der Waals surface area contributed by atoms with E-state index in [1.165, 1.54) is 12.5 Å². The molecule has 2 rings (SSSR count). The summed E-state index contributed by atoms with van der Waals surface area (Å²) in [7, 11) is 0. The maximum absolute atomic E-state index is 13.4. The lowest BCUT2D eigenvalue weighted by molar-refractivity contribution is -0.121. The minimum absolute atomic E-state index is 0.137. The van der Waals surface area contributed by atoms with Crippen molar-refractivity contribution in [2.75, 3.05) is 18.4 Å². The third-order valence-corrected chi connectivity index (χ3v) is 3.45. The molecule has 1 atom stereocenters. The summed E-state index contributed by atoms with van der Waals surface area (Å²) in [6.07, 6.45) is 3.51. The molecule has 0 spiro atoms. The van der Waals surface area contributed by atoms with E-state index in [2.05, 4.69) is 10.2 Å². The molecule has 1 amide bonds. The molecule has 1 N–H and O–H groups in total. The average molecular weight is 250 g/mol. The van der Waals surface area contributed by atoms with Gasteiger partial charge in [-0.1, -0.05) is 18.6 Å². The molecule has 4 heteroatoms. The highest BCUT2D eigenvalue weighted by Crippen LogP contribution is 2.16. The zero-order chi connectivity index (χ0) is 13.0. The summed E-state index contributed by atoms with van der Waals surface area (Å²) >= 11 is 0. The number of nitrogens with one attached hydrogen (secondary N) is 1. The molecule has 0 aliphatic carbocycles. The number of carbonyl (C=O) groups excluding carboxylic acids is 1. The highest BCUT2D eigenvalue weighted by atomic mass is 19.1. The van der Waals surface area contributed by atoms with Crippen LogP contribution >= 0.6 is 0 Å². The van der Waals surface area contributed by atoms with E-state index in [0.717, 1.165) is 25.9 Å². The van der Waals surface area contributed by atoms with Gasteiger partial charge in [-0.25, -0.2) is 4.39 Å². The standard InChI is InChI=1S/C14H19FN2O/c1-11(17-9-5-2-6-10-17)14(18)16-13-8-4-3-7-12(13)15/h3-4,7-8,11H,2,5-6,9-10H2,1H3,(H,16,18)/t11-/m1/s1. The van der Waals surface area contributed by atoms with Crippen LogP contribution < -0.4 is 5.32 Å². The van der Waals surface area contributed by atoms with Crippen LogP contribution in [0.3, 0.4) is 0 Å². The Morgan fingerprint density at radius 1 is 1.28 bits per heavy atom. The highest BCUT2D eigenvalue weighted by molar-refractivity contribution is 5.94. The number of likely N-dealkylation sites (tertiary alicyclic amines) is 1. The molecule has 1 aromatic rings. The smallest absolute Gasteiger partial charge is 0.241 e. The summed E-state index contributed by atoms with van der Waals surface area (Å²) in [5, 5.41) is 2.65. The van der Waals surface area contributed by atoms with Gasteiger partial charge in [-0.2, -0.15) is 0 Å². The molecule has 1 fully saturated rings. The summed E-state index contributed by atoms with van der Waals surface area (Å²) in [4.78, 5) is 14.2. The number of halogens is 1. The van der Waals surface area contributed by atoms with Gasteiger partial charge in [0, 0.05) is 0 Å². The quantitative estimate of drug-likeness (QED) is 0.894. The third kappa shape index (κ3) is 3.07. The van der Waals surface area contributed by atoms with Crippen molar-refractivity contribution in [2.24, 2.45) is 0 Å². The van der Waals surface area contributed by atoms with E-state index < -0.39 is 5.82 Å². The zero-order valence-corrected chi connectivity index (χ0v) is 10.7. The van der Waals surface area contributed by atoms with Crippen LogP contribution in [-0.4, -0.2) is 29.9 Å². The first-order valence-electron chi connectivity index (χ1n) is 6.48. The number of para-hydroxylation sites is 1. The Morgan fingerprint density at radius 2 is 1.94 bits per heavy atom. The first-order valence-corrected chi connectivity index (χ1v) is 6.48. The minimum atomic E-state index is -0.392. The average Bonchev–Trinajstić information content (AvgIpc) is 2.41. The molecule has 0 radical (unpaired) electrons. The van der Waals surface area contributed by atoms with Crippen LogP contribution in [0, 0.1) is 5.82 Å². The molecule has 3 nitrogen and oxygen atoms in total. The van der Waals surface area contributed by atoms with Gasteiger partial charge in [0.05, 0.1) is 11.7 Å². The molecular weight excluding hydrogens is 231 g/mol. The maximum atomic E-state index is 13.4. The Labute approximate surface area is 107 Å². The van der Waals surface area contributed by atoms with Crippen molar-refractivity contribution in [1.82, 2.24) is 4.90 Å². The number of amides is 1. The van der Waals surface area contributed by atoms with E-state index in [1.807, 2.05) is 6.92 Å². The lowest BCUT2D eigenvalue weighted by Gasteiger charge is -2.31. The Balaban J connectivity index is 1.97. The van der Waals surface area contributed by atoms with E-state index in [-0.39, 0.29) is 17.6 Å². The molecule has 1 saturated heterocycles. The van der Waals surface area contributed by atoms with Gasteiger partial charge in [0.25, 0.3) is 0 Å². The fourth-order valence-corrected chi connectivity index (χ4v) is 2.27. The van der Waals surface area contributed by atoms with Crippen molar-refractivity contribution in [3.8, 4) is 0 Å². The topological polar surface area (TPSA) is 32.3 Å². The van der Waals surface area contributed by atoms with Gasteiger partial charge in [0.1, 0.15) is 5.82 Å². The number of anilines is 1. The molecule has 1 heterocycles. The Hall–Kier alpha value is -1.42. The van der Waals surface area contributed by atoms with Gasteiger partial charge in [-0.05, 0) is 45.0 Å². The first-order chi connectivity index (χ1) is 8.68. The van der Waals surface area contributed by atoms with E-state index in [4.69, 9.17) is 0 Å². The monoisotopic (exact) mass is 250 g/mol. The van der Waals surface area contributed by atoms with Crippen molar-refractivity contribution in [1.29, 1.82) is 0 Å². The number of hydrogen-bond acceptors (Lipinski definition) is 2. The summed E-state index contributed by atoms with van der Waals surface area (Å²) in [6, 6.07) is 6.05. The molecule has 0 unspecified atom stereocenters. The van der Waals surface area contributed by atoms with E-state index in [0.29, 0.717) is 0 Å². The predicted molar refractivity (Wildman–Crippen MR) is 69.9 cm³/mol. The van der Waals surface area contributed by atoms with Crippen LogP contribution in [0.25, 0.3) is 0 Å². The van der Waals surface area contributed by atoms with Crippen LogP contribution in [0.2, 0.25) is 0 Å². The molecule has 0 bridgehead atoms. The number of hydrogen-bond donors (Lipinski definition) is 1. The summed E-state index contributed by atoms with van der Waals surface area (Å²) in [6.45, 7) is 3.78. The lowest BCUT2D eigenvalue weighted by atomic mass is 10.1. The minimum Gasteiger partial charge on any atom is -0.322 e. The number of benzene rings is 1. The second-order valence-corrected chi connectivity index (χ2v) is 4.74. The highest BCUT2D eigenvalue weighted by Gasteiger charge is 2.23. The summed E-state index contributed by atoms with van der Waals surface area (Å²) in [5.41, 5.74) is 0.256. The normalized spacial score (nSPS) is 18.3. The summed E-state index contributed by atoms with van der Waals surface area (Å²) < 4.78 is 13.4. The second kappa shape index (κ2) is 5.96. The van der Waals surface area contributed by atoms with E-state index in [9.17, 15) is 9.18 Å². The molecule has 18 heavy (non-hydrogen) atoms. The Morgan fingerprint density at radius 3 is 2.61 bits per heavy atom. The van der Waals surface area contributed by atoms with Crippen LogP contribution in [0.15, 0.2) is 24.3 Å². The SMILES string of the molecule is C[C@H](C(=O)Nc1ccccc1F)N1CCCCC1. The molecule has 1 aliphatic heterocycles. The van der Waals surface area contributed by atoms with Crippen molar-refractivity contribution >= 4 is 11.6 Å². The van der Waals surface area contributed by atoms with Gasteiger partial charge in [0.15, 0.2) is 0 Å². The van der Waals surface area contributed by atoms with Crippen LogP contribution in [0.1, 0.15) is 26.2 Å². The van der Waals surface area contributed by atoms with Crippen molar-refractivity contribution in [2.45, 2.75) is 32.2 Å². The van der Waals surface area contributed by atoms with E-state index in [1.54, 1.807) is 18.2 Å². The Kier molecular flexibility index (Phi) is 4.31. The number of carbonyl (C=O) groups is 1. The fraction of sp³-hybridized carbons (Fsp3) is 0.500. The van der Waals surface area contributed by atoms with Crippen LogP contribution in [-0.2, 0) is 4.79 Å². The first kappa shape index (κ1) is 13.0. The number of piperidine rings is 1. The molecule has 1 aliphatic rings. The number of rotatable bonds is 3. The van der Waals surface area contributed by atoms with Gasteiger partial charge in [-0.15, -0.1) is 0 Å². The van der Waals surface area contributed by atoms with E-state index >= 15 is 0 Å². The number of nitrogens with zero attached hydrogens (tertiary/aromatic N) is 1. The fourth-order valence-electron chi connectivity index (χ4n) is 2.27. The van der Waals surface area contributed by atoms with Crippen molar-refractivity contribution < 1.29 is 9.18 Å². The molecule has 0 aromatic heterocycles. The molecule has 0 saturated carbocycles.